The molecule has 1 aliphatic rings. The van der Waals surface area contributed by atoms with Gasteiger partial charge in [-0.25, -0.2) is 12.8 Å². The van der Waals surface area contributed by atoms with E-state index in [-0.39, 0.29) is 6.61 Å². The van der Waals surface area contributed by atoms with Gasteiger partial charge in [0.05, 0.1) is 11.6 Å². The van der Waals surface area contributed by atoms with Crippen molar-refractivity contribution < 1.29 is 30.7 Å². The summed E-state index contributed by atoms with van der Waals surface area (Å²) >= 11 is 5.59. The second-order valence-corrected chi connectivity index (χ2v) is 6.62. The number of nitrogens with one attached hydrogen (secondary N) is 1. The van der Waals surface area contributed by atoms with E-state index in [1.165, 1.54) is 0 Å². The van der Waals surface area contributed by atoms with E-state index in [9.17, 15) is 26.0 Å². The SMILES string of the molecule is O=S(=O)(NC1(C(F)(F)F)CCOC1)c1ccc(F)cc1Cl. The largest absolute Gasteiger partial charge is 0.409 e. The maximum atomic E-state index is 13.1. The molecule has 10 heteroatoms. The lowest BCUT2D eigenvalue weighted by Gasteiger charge is -2.30. The summed E-state index contributed by atoms with van der Waals surface area (Å²) in [6, 6.07) is 2.31. The first-order valence-corrected chi connectivity index (χ1v) is 7.57. The van der Waals surface area contributed by atoms with Crippen LogP contribution in [-0.4, -0.2) is 33.3 Å². The van der Waals surface area contributed by atoms with Gasteiger partial charge >= 0.3 is 6.18 Å². The van der Waals surface area contributed by atoms with Gasteiger partial charge in [-0.15, -0.1) is 0 Å². The van der Waals surface area contributed by atoms with E-state index in [1.54, 1.807) is 4.72 Å². The van der Waals surface area contributed by atoms with Crippen molar-refractivity contribution in [2.45, 2.75) is 23.0 Å². The lowest BCUT2D eigenvalue weighted by molar-refractivity contribution is -0.189. The first kappa shape index (κ1) is 16.5. The van der Waals surface area contributed by atoms with Crippen LogP contribution in [0.2, 0.25) is 5.02 Å². The molecule has 0 amide bonds. The molecule has 0 aromatic heterocycles. The van der Waals surface area contributed by atoms with Crippen molar-refractivity contribution in [1.82, 2.24) is 4.72 Å². The highest BCUT2D eigenvalue weighted by atomic mass is 35.5. The van der Waals surface area contributed by atoms with Gasteiger partial charge in [0, 0.05) is 13.0 Å². The van der Waals surface area contributed by atoms with Crippen molar-refractivity contribution in [2.75, 3.05) is 13.2 Å². The quantitative estimate of drug-likeness (QED) is 0.855. The zero-order valence-electron chi connectivity index (χ0n) is 10.4. The van der Waals surface area contributed by atoms with Crippen LogP contribution in [-0.2, 0) is 14.8 Å². The molecule has 1 heterocycles. The number of ether oxygens (including phenoxy) is 1. The zero-order valence-corrected chi connectivity index (χ0v) is 11.9. The van der Waals surface area contributed by atoms with Gasteiger partial charge in [-0.2, -0.15) is 17.9 Å². The summed E-state index contributed by atoms with van der Waals surface area (Å²) in [6.45, 7) is -1.05. The minimum atomic E-state index is -4.83. The third-order valence-electron chi connectivity index (χ3n) is 3.08. The van der Waals surface area contributed by atoms with Crippen molar-refractivity contribution in [1.29, 1.82) is 0 Å². The number of sulfonamides is 1. The maximum Gasteiger partial charge on any atom is 0.409 e. The number of alkyl halides is 3. The number of hydrogen-bond donors (Lipinski definition) is 1. The fraction of sp³-hybridized carbons (Fsp3) is 0.455. The molecule has 21 heavy (non-hydrogen) atoms. The lowest BCUT2D eigenvalue weighted by atomic mass is 10.0. The molecular weight excluding hydrogens is 338 g/mol. The number of halogens is 5. The fourth-order valence-electron chi connectivity index (χ4n) is 1.93. The molecule has 1 aliphatic heterocycles. The predicted octanol–water partition coefficient (Wildman–Crippen LogP) is 2.48. The Balaban J connectivity index is 2.40. The molecule has 0 spiro atoms. The van der Waals surface area contributed by atoms with E-state index in [4.69, 9.17) is 11.6 Å². The van der Waals surface area contributed by atoms with Crippen LogP contribution in [0.4, 0.5) is 17.6 Å². The Morgan fingerprint density at radius 3 is 2.48 bits per heavy atom. The average molecular weight is 348 g/mol. The van der Waals surface area contributed by atoms with Crippen molar-refractivity contribution in [3.63, 3.8) is 0 Å². The minimum absolute atomic E-state index is 0.223. The van der Waals surface area contributed by atoms with E-state index in [0.29, 0.717) is 6.07 Å². The highest BCUT2D eigenvalue weighted by molar-refractivity contribution is 7.89. The summed E-state index contributed by atoms with van der Waals surface area (Å²) in [7, 11) is -4.58. The second-order valence-electron chi connectivity index (χ2n) is 4.56. The van der Waals surface area contributed by atoms with Crippen LogP contribution in [0.3, 0.4) is 0 Å². The average Bonchev–Trinajstić information content (AvgIpc) is 2.76. The number of hydrogen-bond acceptors (Lipinski definition) is 3. The molecule has 1 fully saturated rings. The van der Waals surface area contributed by atoms with Gasteiger partial charge in [0.15, 0.2) is 5.54 Å². The molecule has 2 rings (SSSR count). The Hall–Kier alpha value is -0.900. The Morgan fingerprint density at radius 2 is 2.00 bits per heavy atom. The summed E-state index contributed by atoms with van der Waals surface area (Å²) in [5, 5.41) is -0.501. The van der Waals surface area contributed by atoms with Crippen LogP contribution in [0.25, 0.3) is 0 Å². The molecule has 1 aromatic carbocycles. The van der Waals surface area contributed by atoms with Gasteiger partial charge in [0.1, 0.15) is 10.7 Å². The molecule has 4 nitrogen and oxygen atoms in total. The minimum Gasteiger partial charge on any atom is -0.379 e. The second kappa shape index (κ2) is 5.38. The summed E-state index contributed by atoms with van der Waals surface area (Å²) in [5.41, 5.74) is -2.70. The van der Waals surface area contributed by atoms with Crippen LogP contribution in [0.5, 0.6) is 0 Å². The van der Waals surface area contributed by atoms with Gasteiger partial charge in [-0.05, 0) is 18.2 Å². The third kappa shape index (κ3) is 3.15. The molecule has 1 saturated heterocycles. The van der Waals surface area contributed by atoms with E-state index in [1.807, 2.05) is 0 Å². The first-order valence-electron chi connectivity index (χ1n) is 5.71. The summed E-state index contributed by atoms with van der Waals surface area (Å²) < 4.78 is 82.8. The Labute approximate surface area is 123 Å². The molecule has 1 N–H and O–H groups in total. The van der Waals surface area contributed by atoms with Gasteiger partial charge in [0.25, 0.3) is 0 Å². The predicted molar refractivity (Wildman–Crippen MR) is 66.0 cm³/mol. The van der Waals surface area contributed by atoms with Crippen LogP contribution in [0.1, 0.15) is 6.42 Å². The molecule has 1 atom stereocenters. The molecule has 118 valence electrons. The molecule has 0 aliphatic carbocycles. The van der Waals surface area contributed by atoms with E-state index < -0.39 is 50.5 Å². The van der Waals surface area contributed by atoms with Crippen LogP contribution >= 0.6 is 11.6 Å². The Bertz CT molecular complexity index is 641. The lowest BCUT2D eigenvalue weighted by Crippen LogP contribution is -2.59. The number of rotatable bonds is 3. The fourth-order valence-corrected chi connectivity index (χ4v) is 3.87. The van der Waals surface area contributed by atoms with Crippen molar-refractivity contribution in [3.05, 3.63) is 29.0 Å². The van der Waals surface area contributed by atoms with Gasteiger partial charge in [0.2, 0.25) is 10.0 Å². The maximum absolute atomic E-state index is 13.1. The number of benzene rings is 1. The highest BCUT2D eigenvalue weighted by Gasteiger charge is 2.59. The third-order valence-corrected chi connectivity index (χ3v) is 5.10. The van der Waals surface area contributed by atoms with Crippen LogP contribution in [0.15, 0.2) is 23.1 Å². The monoisotopic (exact) mass is 347 g/mol. The van der Waals surface area contributed by atoms with Crippen LogP contribution < -0.4 is 4.72 Å². The Kier molecular flexibility index (Phi) is 4.22. The smallest absolute Gasteiger partial charge is 0.379 e. The zero-order chi connectivity index (χ0) is 15.9. The normalized spacial score (nSPS) is 23.5. The van der Waals surface area contributed by atoms with Gasteiger partial charge < -0.3 is 4.74 Å². The van der Waals surface area contributed by atoms with E-state index >= 15 is 0 Å². The standard InChI is InChI=1S/C11H10ClF4NO3S/c12-8-5-7(13)1-2-9(8)21(18,19)17-10(11(14,15)16)3-4-20-6-10/h1-2,5,17H,3-4,6H2. The van der Waals surface area contributed by atoms with Crippen LogP contribution in [0, 0.1) is 5.82 Å². The van der Waals surface area contributed by atoms with E-state index in [2.05, 4.69) is 4.74 Å². The molecular formula is C11H10ClF4NO3S. The molecule has 0 bridgehead atoms. The van der Waals surface area contributed by atoms with E-state index in [0.717, 1.165) is 12.1 Å². The molecule has 1 aromatic rings. The first-order chi connectivity index (χ1) is 9.57. The van der Waals surface area contributed by atoms with Crippen molar-refractivity contribution in [2.24, 2.45) is 0 Å². The molecule has 0 saturated carbocycles. The molecule has 0 radical (unpaired) electrons. The Morgan fingerprint density at radius 1 is 1.33 bits per heavy atom. The summed E-state index contributed by atoms with van der Waals surface area (Å²) in [5.74, 6) is -0.798. The van der Waals surface area contributed by atoms with Crippen molar-refractivity contribution in [3.8, 4) is 0 Å². The van der Waals surface area contributed by atoms with Crippen molar-refractivity contribution >= 4 is 21.6 Å². The topological polar surface area (TPSA) is 55.4 Å². The van der Waals surface area contributed by atoms with Gasteiger partial charge in [-0.3, -0.25) is 0 Å². The summed E-state index contributed by atoms with van der Waals surface area (Å²) in [4.78, 5) is -0.624. The summed E-state index contributed by atoms with van der Waals surface area (Å²) in [6.07, 6.45) is -5.38. The molecule has 1 unspecified atom stereocenters. The van der Waals surface area contributed by atoms with Gasteiger partial charge in [-0.1, -0.05) is 11.6 Å². The highest BCUT2D eigenvalue weighted by Crippen LogP contribution is 2.38.